The van der Waals surface area contributed by atoms with E-state index >= 15 is 0 Å². The molecule has 8 rings (SSSR count). The number of aliphatic hydroxyl groups excluding tert-OH is 1. The second-order valence-electron chi connectivity index (χ2n) is 14.3. The van der Waals surface area contributed by atoms with Crippen LogP contribution < -0.4 is 15.6 Å². The number of aromatic nitrogens is 1. The number of ether oxygens (including phenoxy) is 2. The van der Waals surface area contributed by atoms with Crippen molar-refractivity contribution in [3.8, 4) is 11.5 Å². The van der Waals surface area contributed by atoms with E-state index in [9.17, 15) is 24.6 Å². The SMILES string of the molecule is O=C(NC1(C(=O)O[C@H]2CN3CCC2CC3)CCc2ccccc21)c1cccc(OCCCCCCC[C@H](O)c2ccc(O)c3[nH]c(=O)ccc23)c1. The summed E-state index contributed by atoms with van der Waals surface area (Å²) in [4.78, 5) is 44.5. The number of H-pyrrole nitrogens is 1. The highest BCUT2D eigenvalue weighted by Gasteiger charge is 2.50. The number of unbranched alkanes of at least 4 members (excludes halogenated alkanes) is 4. The molecule has 0 saturated carbocycles. The number of benzene rings is 3. The molecule has 2 bridgehead atoms. The number of aromatic amines is 1. The van der Waals surface area contributed by atoms with E-state index in [0.29, 0.717) is 59.6 Å². The fraction of sp³-hybridized carbons (Fsp3) is 0.439. The molecule has 10 heteroatoms. The highest BCUT2D eigenvalue weighted by molar-refractivity contribution is 5.99. The Morgan fingerprint density at radius 2 is 1.76 bits per heavy atom. The number of phenols is 1. The predicted octanol–water partition coefficient (Wildman–Crippen LogP) is 5.90. The molecule has 0 radical (unpaired) electrons. The monoisotopic (exact) mass is 693 g/mol. The van der Waals surface area contributed by atoms with Crippen molar-refractivity contribution in [1.82, 2.24) is 15.2 Å². The Morgan fingerprint density at radius 1 is 0.961 bits per heavy atom. The molecule has 4 heterocycles. The summed E-state index contributed by atoms with van der Waals surface area (Å²) in [6.45, 7) is 3.38. The molecule has 1 amide bonds. The summed E-state index contributed by atoms with van der Waals surface area (Å²) in [6, 6.07) is 21.2. The lowest BCUT2D eigenvalue weighted by Gasteiger charge is -2.45. The second-order valence-corrected chi connectivity index (χ2v) is 14.3. The van der Waals surface area contributed by atoms with Crippen LogP contribution in [0.15, 0.2) is 77.6 Å². The third-order valence-corrected chi connectivity index (χ3v) is 11.0. The maximum atomic E-state index is 14.0. The number of carbonyl (C=O) groups excluding carboxylic acids is 2. The molecule has 4 N–H and O–H groups in total. The van der Waals surface area contributed by atoms with E-state index < -0.39 is 11.6 Å². The Hall–Kier alpha value is -4.67. The summed E-state index contributed by atoms with van der Waals surface area (Å²) in [5, 5.41) is 24.7. The summed E-state index contributed by atoms with van der Waals surface area (Å²) in [5.74, 6) is 0.254. The normalized spacial score (nSPS) is 22.7. The molecule has 4 aliphatic rings. The van der Waals surface area contributed by atoms with Gasteiger partial charge in [-0.05, 0) is 105 Å². The number of rotatable bonds is 14. The molecule has 4 aromatic rings. The van der Waals surface area contributed by atoms with E-state index in [1.165, 1.54) is 12.1 Å². The largest absolute Gasteiger partial charge is 0.506 e. The molecule has 3 aliphatic heterocycles. The van der Waals surface area contributed by atoms with Crippen molar-refractivity contribution in [3.05, 3.63) is 105 Å². The smallest absolute Gasteiger partial charge is 0.336 e. The number of carbonyl (C=O) groups is 2. The molecule has 3 atom stereocenters. The zero-order valence-electron chi connectivity index (χ0n) is 28.9. The van der Waals surface area contributed by atoms with Crippen molar-refractivity contribution in [2.45, 2.75) is 82.0 Å². The number of amides is 1. The number of aliphatic hydroxyl groups is 1. The quantitative estimate of drug-likeness (QED) is 0.0946. The number of aromatic hydroxyl groups is 1. The molecule has 10 nitrogen and oxygen atoms in total. The number of fused-ring (bicyclic) bond motifs is 5. The van der Waals surface area contributed by atoms with Crippen molar-refractivity contribution in [1.29, 1.82) is 0 Å². The van der Waals surface area contributed by atoms with Crippen molar-refractivity contribution in [2.24, 2.45) is 5.92 Å². The zero-order chi connectivity index (χ0) is 35.4. The van der Waals surface area contributed by atoms with Gasteiger partial charge in [0.2, 0.25) is 5.56 Å². The van der Waals surface area contributed by atoms with Gasteiger partial charge in [-0.2, -0.15) is 0 Å². The number of hydrogen-bond acceptors (Lipinski definition) is 8. The van der Waals surface area contributed by atoms with Gasteiger partial charge in [0, 0.05) is 23.6 Å². The van der Waals surface area contributed by atoms with Crippen molar-refractivity contribution < 1.29 is 29.3 Å². The number of piperidine rings is 3. The number of aryl methyl sites for hydroxylation is 1. The highest BCUT2D eigenvalue weighted by Crippen LogP contribution is 2.40. The minimum Gasteiger partial charge on any atom is -0.506 e. The molecule has 3 aromatic carbocycles. The van der Waals surface area contributed by atoms with Crippen LogP contribution in [0.25, 0.3) is 10.9 Å². The van der Waals surface area contributed by atoms with Crippen LogP contribution in [0, 0.1) is 5.92 Å². The van der Waals surface area contributed by atoms with E-state index in [4.69, 9.17) is 9.47 Å². The van der Waals surface area contributed by atoms with Gasteiger partial charge in [-0.15, -0.1) is 0 Å². The summed E-state index contributed by atoms with van der Waals surface area (Å²) >= 11 is 0. The van der Waals surface area contributed by atoms with Crippen LogP contribution in [-0.4, -0.2) is 64.3 Å². The molecule has 1 aromatic heterocycles. The Kier molecular flexibility index (Phi) is 10.4. The van der Waals surface area contributed by atoms with E-state index in [2.05, 4.69) is 15.2 Å². The molecule has 3 fully saturated rings. The summed E-state index contributed by atoms with van der Waals surface area (Å²) < 4.78 is 12.3. The number of pyridine rings is 1. The fourth-order valence-corrected chi connectivity index (χ4v) is 8.15. The predicted molar refractivity (Wildman–Crippen MR) is 194 cm³/mol. The van der Waals surface area contributed by atoms with Gasteiger partial charge in [-0.1, -0.05) is 62.1 Å². The first kappa shape index (κ1) is 34.8. The third kappa shape index (κ3) is 7.53. The fourth-order valence-electron chi connectivity index (χ4n) is 8.15. The number of nitrogens with zero attached hydrogens (tertiary/aromatic N) is 1. The Labute approximate surface area is 297 Å². The third-order valence-electron chi connectivity index (χ3n) is 11.0. The molecule has 0 spiro atoms. The van der Waals surface area contributed by atoms with Crippen molar-refractivity contribution in [2.75, 3.05) is 26.2 Å². The summed E-state index contributed by atoms with van der Waals surface area (Å²) in [7, 11) is 0. The average molecular weight is 694 g/mol. The minimum absolute atomic E-state index is 0.0175. The Morgan fingerprint density at radius 3 is 2.59 bits per heavy atom. The van der Waals surface area contributed by atoms with Gasteiger partial charge in [0.05, 0.1) is 18.2 Å². The maximum absolute atomic E-state index is 14.0. The number of phenolic OH excluding ortho intramolecular Hbond substituents is 1. The highest BCUT2D eigenvalue weighted by atomic mass is 16.5. The average Bonchev–Trinajstić information content (AvgIpc) is 3.53. The molecule has 51 heavy (non-hydrogen) atoms. The van der Waals surface area contributed by atoms with E-state index in [-0.39, 0.29) is 29.3 Å². The van der Waals surface area contributed by atoms with Gasteiger partial charge < -0.3 is 30.0 Å². The molecule has 1 aliphatic carbocycles. The lowest BCUT2D eigenvalue weighted by Crippen LogP contribution is -2.56. The molecular weight excluding hydrogens is 646 g/mol. The van der Waals surface area contributed by atoms with E-state index in [0.717, 1.165) is 75.7 Å². The summed E-state index contributed by atoms with van der Waals surface area (Å²) in [5.41, 5.74) is 1.80. The van der Waals surface area contributed by atoms with E-state index in [1.807, 2.05) is 30.3 Å². The van der Waals surface area contributed by atoms with E-state index in [1.54, 1.807) is 30.3 Å². The standard InChI is InChI=1S/C41H47N3O7/c45-34(31-14-16-35(46)38-32(31)15-17-37(47)42-38)13-4-2-1-3-7-24-50-30-11-8-10-29(25-30)39(48)43-41(21-18-27-9-5-6-12-33(27)41)40(49)51-36-26-44-22-19-28(36)20-23-44/h5-6,8-12,14-17,25,28,34,36,45-46H,1-4,7,13,18-24,26H2,(H,42,47)(H,43,48)/t34-,36-,41?/m0/s1. The van der Waals surface area contributed by atoms with Crippen molar-refractivity contribution in [3.63, 3.8) is 0 Å². The van der Waals surface area contributed by atoms with Gasteiger partial charge in [0.1, 0.15) is 17.6 Å². The summed E-state index contributed by atoms with van der Waals surface area (Å²) in [6.07, 6.45) is 7.55. The van der Waals surface area contributed by atoms with Crippen LogP contribution in [0.5, 0.6) is 11.5 Å². The van der Waals surface area contributed by atoms with Crippen LogP contribution >= 0.6 is 0 Å². The topological polar surface area (TPSA) is 141 Å². The first-order chi connectivity index (χ1) is 24.8. The minimum atomic E-state index is -1.23. The second kappa shape index (κ2) is 15.3. The zero-order valence-corrected chi connectivity index (χ0v) is 28.9. The lowest BCUT2D eigenvalue weighted by molar-refractivity contribution is -0.167. The molecule has 1 unspecified atom stereocenters. The van der Waals surface area contributed by atoms with Crippen LogP contribution in [0.2, 0.25) is 0 Å². The van der Waals surface area contributed by atoms with Crippen LogP contribution in [0.4, 0.5) is 0 Å². The van der Waals surface area contributed by atoms with Crippen LogP contribution in [0.1, 0.15) is 90.9 Å². The number of nitrogens with one attached hydrogen (secondary N) is 2. The maximum Gasteiger partial charge on any atom is 0.336 e. The molecular formula is C41H47N3O7. The molecule has 268 valence electrons. The van der Waals surface area contributed by atoms with Gasteiger partial charge in [-0.3, -0.25) is 14.5 Å². The first-order valence-corrected chi connectivity index (χ1v) is 18.4. The first-order valence-electron chi connectivity index (χ1n) is 18.4. The van der Waals surface area contributed by atoms with Gasteiger partial charge in [-0.25, -0.2) is 4.79 Å². The number of esters is 1. The Bertz CT molecular complexity index is 1930. The molecule has 3 saturated heterocycles. The van der Waals surface area contributed by atoms with Crippen LogP contribution in [-0.2, 0) is 21.5 Å². The van der Waals surface area contributed by atoms with Gasteiger partial charge in [0.15, 0.2) is 5.54 Å². The van der Waals surface area contributed by atoms with Gasteiger partial charge in [0.25, 0.3) is 5.91 Å². The Balaban J connectivity index is 0.889. The van der Waals surface area contributed by atoms with Crippen molar-refractivity contribution >= 4 is 22.8 Å². The number of hydrogen-bond donors (Lipinski definition) is 4. The lowest BCUT2D eigenvalue weighted by atomic mass is 9.85. The van der Waals surface area contributed by atoms with Crippen LogP contribution in [0.3, 0.4) is 0 Å². The van der Waals surface area contributed by atoms with Gasteiger partial charge >= 0.3 is 5.97 Å².